The van der Waals surface area contributed by atoms with E-state index in [9.17, 15) is 35.5 Å². The molecule has 1 aliphatic rings. The SMILES string of the molecule is O=C(NC(=NC1CC(C(F)(F)F)C1)Nc1ccc(C(F)(F)F)cc1)c1ccc(F)cc1. The average molecular weight is 447 g/mol. The summed E-state index contributed by atoms with van der Waals surface area (Å²) in [7, 11) is 0. The Morgan fingerprint density at radius 1 is 0.903 bits per heavy atom. The molecule has 0 bridgehead atoms. The number of aliphatic imine (C=N–C) groups is 1. The first-order valence-electron chi connectivity index (χ1n) is 9.07. The van der Waals surface area contributed by atoms with Crippen molar-refractivity contribution in [2.75, 3.05) is 5.32 Å². The van der Waals surface area contributed by atoms with E-state index in [1.807, 2.05) is 0 Å². The van der Waals surface area contributed by atoms with Crippen molar-refractivity contribution in [2.24, 2.45) is 10.9 Å². The van der Waals surface area contributed by atoms with Gasteiger partial charge < -0.3 is 5.32 Å². The zero-order valence-electron chi connectivity index (χ0n) is 15.7. The Morgan fingerprint density at radius 3 is 2.00 bits per heavy atom. The number of nitrogens with one attached hydrogen (secondary N) is 2. The zero-order valence-corrected chi connectivity index (χ0v) is 15.7. The minimum Gasteiger partial charge on any atom is -0.326 e. The molecular weight excluding hydrogens is 431 g/mol. The number of benzene rings is 2. The van der Waals surface area contributed by atoms with Gasteiger partial charge in [0.1, 0.15) is 5.82 Å². The van der Waals surface area contributed by atoms with Crippen LogP contribution in [-0.4, -0.2) is 24.1 Å². The number of carbonyl (C=O) groups excluding carboxylic acids is 1. The zero-order chi connectivity index (χ0) is 22.8. The van der Waals surface area contributed by atoms with E-state index >= 15 is 0 Å². The molecule has 0 radical (unpaired) electrons. The molecule has 1 saturated carbocycles. The number of guanidine groups is 1. The van der Waals surface area contributed by atoms with Crippen molar-refractivity contribution in [1.29, 1.82) is 0 Å². The highest BCUT2D eigenvalue weighted by molar-refractivity contribution is 6.10. The molecule has 1 amide bonds. The first-order valence-corrected chi connectivity index (χ1v) is 9.07. The summed E-state index contributed by atoms with van der Waals surface area (Å²) in [4.78, 5) is 16.4. The Kier molecular flexibility index (Phi) is 6.23. The highest BCUT2D eigenvalue weighted by Crippen LogP contribution is 2.42. The average Bonchev–Trinajstić information content (AvgIpc) is 2.63. The van der Waals surface area contributed by atoms with Crippen molar-refractivity contribution in [3.63, 3.8) is 0 Å². The van der Waals surface area contributed by atoms with Crippen LogP contribution in [0.5, 0.6) is 0 Å². The summed E-state index contributed by atoms with van der Waals surface area (Å²) in [5.41, 5.74) is -0.693. The van der Waals surface area contributed by atoms with Crippen LogP contribution >= 0.6 is 0 Å². The number of amides is 1. The van der Waals surface area contributed by atoms with Crippen LogP contribution in [0.3, 0.4) is 0 Å². The lowest BCUT2D eigenvalue weighted by Crippen LogP contribution is -2.42. The van der Waals surface area contributed by atoms with Crippen LogP contribution in [-0.2, 0) is 6.18 Å². The van der Waals surface area contributed by atoms with Crippen LogP contribution in [0.1, 0.15) is 28.8 Å². The first kappa shape index (κ1) is 22.6. The Hall–Kier alpha value is -3.11. The number of rotatable bonds is 3. The van der Waals surface area contributed by atoms with Crippen LogP contribution < -0.4 is 10.6 Å². The predicted octanol–water partition coefficient (Wildman–Crippen LogP) is 5.38. The standard InChI is InChI=1S/C20H16F7N3O/c21-14-5-1-11(2-6-14)17(31)30-18(29-16-9-13(10-16)20(25,26)27)28-15-7-3-12(4-8-15)19(22,23)24/h1-8,13,16H,9-10H2,(H2,28,29,30,31). The molecule has 0 saturated heterocycles. The molecule has 1 fully saturated rings. The molecule has 2 N–H and O–H groups in total. The maximum absolute atomic E-state index is 13.0. The summed E-state index contributed by atoms with van der Waals surface area (Å²) >= 11 is 0. The minimum absolute atomic E-state index is 0.0603. The van der Waals surface area contributed by atoms with E-state index in [1.54, 1.807) is 0 Å². The van der Waals surface area contributed by atoms with Gasteiger partial charge in [0, 0.05) is 11.3 Å². The van der Waals surface area contributed by atoms with Crippen molar-refractivity contribution in [1.82, 2.24) is 5.32 Å². The molecule has 1 aliphatic carbocycles. The molecule has 3 rings (SSSR count). The summed E-state index contributed by atoms with van der Waals surface area (Å²) in [6, 6.07) is 7.59. The smallest absolute Gasteiger partial charge is 0.326 e. The normalized spacial score (nSPS) is 19.5. The lowest BCUT2D eigenvalue weighted by Gasteiger charge is -2.34. The van der Waals surface area contributed by atoms with E-state index in [1.165, 1.54) is 12.1 Å². The van der Waals surface area contributed by atoms with Gasteiger partial charge in [0.2, 0.25) is 5.96 Å². The Morgan fingerprint density at radius 2 is 1.48 bits per heavy atom. The lowest BCUT2D eigenvalue weighted by atomic mass is 9.80. The van der Waals surface area contributed by atoms with Gasteiger partial charge in [-0.1, -0.05) is 0 Å². The van der Waals surface area contributed by atoms with E-state index in [2.05, 4.69) is 15.6 Å². The van der Waals surface area contributed by atoms with E-state index in [-0.39, 0.29) is 30.1 Å². The van der Waals surface area contributed by atoms with Crippen LogP contribution in [0.2, 0.25) is 0 Å². The minimum atomic E-state index is -4.54. The third-order valence-corrected chi connectivity index (χ3v) is 4.70. The third kappa shape index (κ3) is 5.96. The number of hydrogen-bond acceptors (Lipinski definition) is 2. The van der Waals surface area contributed by atoms with Gasteiger partial charge in [-0.3, -0.25) is 10.1 Å². The molecule has 0 aromatic heterocycles. The van der Waals surface area contributed by atoms with Crippen molar-refractivity contribution >= 4 is 17.6 Å². The molecule has 166 valence electrons. The summed E-state index contributed by atoms with van der Waals surface area (Å²) in [6.45, 7) is 0. The van der Waals surface area contributed by atoms with Crippen molar-refractivity contribution in [3.05, 3.63) is 65.5 Å². The Balaban J connectivity index is 1.76. The fraction of sp³-hybridized carbons (Fsp3) is 0.300. The number of nitrogens with zero attached hydrogens (tertiary/aromatic N) is 1. The van der Waals surface area contributed by atoms with Crippen molar-refractivity contribution in [2.45, 2.75) is 31.2 Å². The second-order valence-corrected chi connectivity index (χ2v) is 7.00. The maximum atomic E-state index is 13.0. The number of alkyl halides is 6. The highest BCUT2D eigenvalue weighted by Gasteiger charge is 2.48. The number of anilines is 1. The molecule has 2 aromatic rings. The van der Waals surface area contributed by atoms with Gasteiger partial charge in [-0.05, 0) is 61.4 Å². The number of carbonyl (C=O) groups is 1. The summed E-state index contributed by atoms with van der Waals surface area (Å²) in [6.07, 6.45) is -9.42. The highest BCUT2D eigenvalue weighted by atomic mass is 19.4. The van der Waals surface area contributed by atoms with Gasteiger partial charge >= 0.3 is 12.4 Å². The monoisotopic (exact) mass is 447 g/mol. The number of hydrogen-bond donors (Lipinski definition) is 2. The first-order chi connectivity index (χ1) is 14.4. The van der Waals surface area contributed by atoms with Crippen LogP contribution in [0.15, 0.2) is 53.5 Å². The second kappa shape index (κ2) is 8.56. The van der Waals surface area contributed by atoms with Gasteiger partial charge in [-0.2, -0.15) is 26.3 Å². The molecule has 0 spiro atoms. The summed E-state index contributed by atoms with van der Waals surface area (Å²) in [5.74, 6) is -3.01. The Labute approximate surface area is 172 Å². The number of halogens is 7. The second-order valence-electron chi connectivity index (χ2n) is 7.00. The van der Waals surface area contributed by atoms with Gasteiger partial charge in [0.25, 0.3) is 5.91 Å². The topological polar surface area (TPSA) is 53.5 Å². The fourth-order valence-electron chi connectivity index (χ4n) is 2.90. The molecule has 2 aromatic carbocycles. The molecule has 11 heteroatoms. The lowest BCUT2D eigenvalue weighted by molar-refractivity contribution is -0.196. The van der Waals surface area contributed by atoms with Crippen LogP contribution in [0.25, 0.3) is 0 Å². The largest absolute Gasteiger partial charge is 0.416 e. The summed E-state index contributed by atoms with van der Waals surface area (Å²) in [5, 5.41) is 4.99. The quantitative estimate of drug-likeness (QED) is 0.377. The van der Waals surface area contributed by atoms with Gasteiger partial charge in [-0.15, -0.1) is 0 Å². The molecule has 0 unspecified atom stereocenters. The van der Waals surface area contributed by atoms with Crippen molar-refractivity contribution < 1.29 is 35.5 Å². The van der Waals surface area contributed by atoms with Crippen LogP contribution in [0, 0.1) is 11.7 Å². The molecule has 0 aliphatic heterocycles. The van der Waals surface area contributed by atoms with Crippen molar-refractivity contribution in [3.8, 4) is 0 Å². The van der Waals surface area contributed by atoms with E-state index in [0.29, 0.717) is 0 Å². The molecule has 0 atom stereocenters. The molecular formula is C20H16F7N3O. The van der Waals surface area contributed by atoms with Crippen LogP contribution in [0.4, 0.5) is 36.4 Å². The van der Waals surface area contributed by atoms with E-state index in [0.717, 1.165) is 36.4 Å². The maximum Gasteiger partial charge on any atom is 0.416 e. The summed E-state index contributed by atoms with van der Waals surface area (Å²) < 4.78 is 89.3. The van der Waals surface area contributed by atoms with E-state index in [4.69, 9.17) is 0 Å². The van der Waals surface area contributed by atoms with E-state index < -0.39 is 41.6 Å². The van der Waals surface area contributed by atoms with Gasteiger partial charge in [0.15, 0.2) is 0 Å². The fourth-order valence-corrected chi connectivity index (χ4v) is 2.90. The predicted molar refractivity (Wildman–Crippen MR) is 98.9 cm³/mol. The molecule has 0 heterocycles. The third-order valence-electron chi connectivity index (χ3n) is 4.70. The molecule has 4 nitrogen and oxygen atoms in total. The van der Waals surface area contributed by atoms with Gasteiger partial charge in [-0.25, -0.2) is 9.38 Å². The Bertz CT molecular complexity index is 945. The van der Waals surface area contributed by atoms with Gasteiger partial charge in [0.05, 0.1) is 17.5 Å². The molecule has 31 heavy (non-hydrogen) atoms.